The summed E-state index contributed by atoms with van der Waals surface area (Å²) in [7, 11) is 0. The number of hydrogen-bond donors (Lipinski definition) is 4. The summed E-state index contributed by atoms with van der Waals surface area (Å²) in [5.41, 5.74) is 0.973. The van der Waals surface area contributed by atoms with Crippen molar-refractivity contribution in [1.82, 2.24) is 15.6 Å². The number of rotatable bonds is 7. The van der Waals surface area contributed by atoms with Gasteiger partial charge in [0.1, 0.15) is 18.5 Å². The normalized spacial score (nSPS) is 14.4. The number of carboxylic acids is 2. The van der Waals surface area contributed by atoms with E-state index < -0.39 is 54.8 Å². The first-order chi connectivity index (χ1) is 16.8. The Labute approximate surface area is 200 Å². The number of halogens is 5. The number of fused-ring (bicyclic) bond motifs is 1. The van der Waals surface area contributed by atoms with Gasteiger partial charge in [-0.05, 0) is 12.1 Å². The highest BCUT2D eigenvalue weighted by Gasteiger charge is 2.38. The predicted octanol–water partition coefficient (Wildman–Crippen LogP) is 1.53. The van der Waals surface area contributed by atoms with Gasteiger partial charge in [-0.15, -0.1) is 0 Å². The maximum absolute atomic E-state index is 13.6. The number of hydrogen-bond acceptors (Lipinski definition) is 7. The van der Waals surface area contributed by atoms with Crippen molar-refractivity contribution in [2.45, 2.75) is 18.6 Å². The molecule has 2 aromatic rings. The van der Waals surface area contributed by atoms with Gasteiger partial charge in [0.2, 0.25) is 0 Å². The number of anilines is 1. The average Bonchev–Trinajstić information content (AvgIpc) is 2.82. The van der Waals surface area contributed by atoms with Gasteiger partial charge in [-0.1, -0.05) is 0 Å². The van der Waals surface area contributed by atoms with Gasteiger partial charge in [0.05, 0.1) is 23.2 Å². The lowest BCUT2D eigenvalue weighted by molar-refractivity contribution is -0.192. The van der Waals surface area contributed by atoms with Crippen LogP contribution in [0.25, 0.3) is 10.9 Å². The molecule has 1 amide bonds. The zero-order valence-corrected chi connectivity index (χ0v) is 18.4. The molecule has 15 heteroatoms. The van der Waals surface area contributed by atoms with Crippen LogP contribution in [0.15, 0.2) is 24.4 Å². The molecule has 10 nitrogen and oxygen atoms in total. The minimum absolute atomic E-state index is 0.105. The van der Waals surface area contributed by atoms with Crippen LogP contribution >= 0.6 is 0 Å². The van der Waals surface area contributed by atoms with Crippen LogP contribution in [0.5, 0.6) is 0 Å². The van der Waals surface area contributed by atoms with E-state index >= 15 is 0 Å². The van der Waals surface area contributed by atoms with Gasteiger partial charge in [0.15, 0.2) is 5.78 Å². The molecule has 0 spiro atoms. The predicted molar refractivity (Wildman–Crippen MR) is 115 cm³/mol. The summed E-state index contributed by atoms with van der Waals surface area (Å²) in [6.07, 6.45) is -4.56. The van der Waals surface area contributed by atoms with Gasteiger partial charge in [-0.2, -0.15) is 13.2 Å². The summed E-state index contributed by atoms with van der Waals surface area (Å²) in [4.78, 5) is 50.6. The number of nitrogens with one attached hydrogen (secondary N) is 2. The van der Waals surface area contributed by atoms with E-state index in [1.165, 1.54) is 24.4 Å². The molecule has 1 atom stereocenters. The molecular weight excluding hydrogens is 499 g/mol. The number of Topliss-reactive ketones (excluding diaryl/α,β-unsaturated/α-hetero) is 1. The quantitative estimate of drug-likeness (QED) is 0.399. The molecule has 0 bridgehead atoms. The number of aromatic nitrogens is 1. The molecule has 196 valence electrons. The number of pyridine rings is 1. The highest BCUT2D eigenvalue weighted by molar-refractivity contribution is 6.08. The summed E-state index contributed by atoms with van der Waals surface area (Å²) in [5, 5.41) is 22.1. The fourth-order valence-electron chi connectivity index (χ4n) is 3.30. The van der Waals surface area contributed by atoms with Crippen molar-refractivity contribution < 1.29 is 51.3 Å². The van der Waals surface area contributed by atoms with E-state index in [-0.39, 0.29) is 5.56 Å². The Balaban J connectivity index is 0.000000572. The third-order valence-corrected chi connectivity index (χ3v) is 4.93. The fraction of sp³-hybridized carbons (Fsp3) is 0.381. The molecule has 0 aliphatic carbocycles. The average molecular weight is 520 g/mol. The maximum atomic E-state index is 13.6. The molecule has 3 rings (SSSR count). The number of piperazine rings is 1. The molecule has 36 heavy (non-hydrogen) atoms. The molecule has 1 fully saturated rings. The molecule has 1 aliphatic heterocycles. The van der Waals surface area contributed by atoms with Crippen molar-refractivity contribution in [2.75, 3.05) is 37.8 Å². The zero-order chi connectivity index (χ0) is 27.0. The van der Waals surface area contributed by atoms with E-state index in [1.807, 2.05) is 4.90 Å². The highest BCUT2D eigenvalue weighted by Crippen LogP contribution is 2.30. The fourth-order valence-corrected chi connectivity index (χ4v) is 3.30. The number of aliphatic carboxylic acids is 2. The summed E-state index contributed by atoms with van der Waals surface area (Å²) in [6.45, 7) is 1.12. The molecule has 1 unspecified atom stereocenters. The van der Waals surface area contributed by atoms with Crippen LogP contribution in [0, 0.1) is 5.82 Å². The molecule has 1 saturated heterocycles. The number of benzene rings is 1. The molecule has 1 aromatic heterocycles. The Kier molecular flexibility index (Phi) is 9.60. The maximum Gasteiger partial charge on any atom is 0.490 e. The first kappa shape index (κ1) is 28.4. The first-order valence-electron chi connectivity index (χ1n) is 10.3. The number of alkyl halides is 4. The lowest BCUT2D eigenvalue weighted by Gasteiger charge is -2.32. The second-order valence-electron chi connectivity index (χ2n) is 7.45. The minimum Gasteiger partial charge on any atom is -0.481 e. The second kappa shape index (κ2) is 12.2. The van der Waals surface area contributed by atoms with E-state index in [2.05, 4.69) is 15.6 Å². The van der Waals surface area contributed by atoms with Gasteiger partial charge in [-0.25, -0.2) is 13.6 Å². The summed E-state index contributed by atoms with van der Waals surface area (Å²) >= 11 is 0. The van der Waals surface area contributed by atoms with Crippen molar-refractivity contribution >= 4 is 40.2 Å². The van der Waals surface area contributed by atoms with E-state index in [0.29, 0.717) is 42.8 Å². The zero-order valence-electron chi connectivity index (χ0n) is 18.4. The second-order valence-corrected chi connectivity index (χ2v) is 7.45. The monoisotopic (exact) mass is 520 g/mol. The SMILES string of the molecule is O=C(O)C(F)(F)F.O=C(O)CC(NC(=O)c1cnc2cc(F)ccc2c1N1CCNCC1)C(=O)CF. The number of amides is 1. The highest BCUT2D eigenvalue weighted by atomic mass is 19.4. The van der Waals surface area contributed by atoms with Crippen LogP contribution in [0.2, 0.25) is 0 Å². The smallest absolute Gasteiger partial charge is 0.481 e. The Bertz CT molecular complexity index is 1140. The van der Waals surface area contributed by atoms with Crippen molar-refractivity contribution in [3.63, 3.8) is 0 Å². The van der Waals surface area contributed by atoms with Crippen molar-refractivity contribution in [2.24, 2.45) is 0 Å². The van der Waals surface area contributed by atoms with Crippen LogP contribution in [0.3, 0.4) is 0 Å². The van der Waals surface area contributed by atoms with Crippen molar-refractivity contribution in [3.8, 4) is 0 Å². The number of ketones is 1. The van der Waals surface area contributed by atoms with E-state index in [4.69, 9.17) is 15.0 Å². The third-order valence-electron chi connectivity index (χ3n) is 4.93. The third kappa shape index (κ3) is 7.56. The molecule has 0 saturated carbocycles. The molecule has 1 aromatic carbocycles. The lowest BCUT2D eigenvalue weighted by atomic mass is 10.0. The van der Waals surface area contributed by atoms with Gasteiger partial charge < -0.3 is 25.7 Å². The number of carboxylic acid groups (broad SMARTS) is 2. The van der Waals surface area contributed by atoms with Crippen LogP contribution in [0.1, 0.15) is 16.8 Å². The Morgan fingerprint density at radius 3 is 2.28 bits per heavy atom. The van der Waals surface area contributed by atoms with E-state index in [1.54, 1.807) is 0 Å². The summed E-state index contributed by atoms with van der Waals surface area (Å²) in [5.74, 6) is -6.34. The number of carbonyl (C=O) groups excluding carboxylic acids is 2. The standard InChI is InChI=1S/C19H20F2N4O4.C2HF3O2/c20-9-16(26)15(8-17(27)28)24-19(29)13-10-23-14-7-11(21)1-2-12(14)18(13)25-5-3-22-4-6-25;3-2(4,5)1(6)7/h1-2,7,10,15,22H,3-6,8-9H2,(H,24,29)(H,27,28);(H,6,7). The van der Waals surface area contributed by atoms with Gasteiger partial charge >= 0.3 is 18.1 Å². The molecule has 1 aliphatic rings. The van der Waals surface area contributed by atoms with Crippen LogP contribution in [0.4, 0.5) is 27.6 Å². The number of carbonyl (C=O) groups is 4. The Hall–Kier alpha value is -3.88. The van der Waals surface area contributed by atoms with Crippen LogP contribution < -0.4 is 15.5 Å². The molecular formula is C21H21F5N4O6. The van der Waals surface area contributed by atoms with E-state index in [9.17, 15) is 36.3 Å². The van der Waals surface area contributed by atoms with Crippen LogP contribution in [-0.2, 0) is 14.4 Å². The van der Waals surface area contributed by atoms with Gasteiger partial charge in [-0.3, -0.25) is 19.4 Å². The summed E-state index contributed by atoms with van der Waals surface area (Å²) < 4.78 is 58.2. The minimum atomic E-state index is -5.08. The molecule has 0 radical (unpaired) electrons. The van der Waals surface area contributed by atoms with Gasteiger partial charge in [0, 0.05) is 43.8 Å². The van der Waals surface area contributed by atoms with E-state index in [0.717, 1.165) is 0 Å². The van der Waals surface area contributed by atoms with Gasteiger partial charge in [0.25, 0.3) is 5.91 Å². The number of nitrogens with zero attached hydrogens (tertiary/aromatic N) is 2. The molecule has 4 N–H and O–H groups in total. The summed E-state index contributed by atoms with van der Waals surface area (Å²) in [6, 6.07) is 2.54. The van der Waals surface area contributed by atoms with Crippen molar-refractivity contribution in [1.29, 1.82) is 0 Å². The lowest BCUT2D eigenvalue weighted by Crippen LogP contribution is -2.46. The van der Waals surface area contributed by atoms with Crippen molar-refractivity contribution in [3.05, 3.63) is 35.8 Å². The largest absolute Gasteiger partial charge is 0.490 e. The topological polar surface area (TPSA) is 149 Å². The first-order valence-corrected chi connectivity index (χ1v) is 10.3. The Morgan fingerprint density at radius 1 is 1.14 bits per heavy atom. The Morgan fingerprint density at radius 2 is 1.75 bits per heavy atom. The van der Waals surface area contributed by atoms with Crippen LogP contribution in [-0.4, -0.2) is 83.9 Å². The molecule has 2 heterocycles.